The van der Waals surface area contributed by atoms with E-state index in [0.717, 1.165) is 30.9 Å². The maximum absolute atomic E-state index is 5.80. The topological polar surface area (TPSA) is 28.9 Å². The van der Waals surface area contributed by atoms with Crippen LogP contribution in [0.25, 0.3) is 11.1 Å². The van der Waals surface area contributed by atoms with Crippen molar-refractivity contribution in [3.63, 3.8) is 0 Å². The van der Waals surface area contributed by atoms with E-state index >= 15 is 0 Å². The molecule has 38 heavy (non-hydrogen) atoms. The molecule has 3 heterocycles. The number of benzene rings is 3. The van der Waals surface area contributed by atoms with E-state index in [-0.39, 0.29) is 24.8 Å². The van der Waals surface area contributed by atoms with Crippen LogP contribution in [0.4, 0.5) is 0 Å². The summed E-state index contributed by atoms with van der Waals surface area (Å²) in [5, 5.41) is 0. The third kappa shape index (κ3) is 5.79. The lowest BCUT2D eigenvalue weighted by Crippen LogP contribution is -2.57. The van der Waals surface area contributed by atoms with E-state index in [1.54, 1.807) is 13.4 Å². The molecule has 0 radical (unpaired) electrons. The van der Waals surface area contributed by atoms with Gasteiger partial charge in [0.1, 0.15) is 5.75 Å². The zero-order valence-electron chi connectivity index (χ0n) is 21.7. The smallest absolute Gasteiger partial charge is 0.123 e. The Morgan fingerprint density at radius 2 is 1.58 bits per heavy atom. The zero-order valence-corrected chi connectivity index (χ0v) is 23.4. The van der Waals surface area contributed by atoms with Crippen LogP contribution < -0.4 is 4.74 Å². The number of hydrogen-bond acceptors (Lipinski definition) is 4. The summed E-state index contributed by atoms with van der Waals surface area (Å²) in [5.74, 6) is 1.30. The van der Waals surface area contributed by atoms with Gasteiger partial charge in [0.2, 0.25) is 0 Å². The first-order valence-corrected chi connectivity index (χ1v) is 13.1. The standard InChI is InChI=1S/C32H34N2O2.2ClH/c1-35-31-15-14-26(27-16-18-36-23-27)19-28(31)20-33-21-29-13-8-17-34(29)30(22-33)32(24-9-4-2-5-10-24)25-11-6-3-7-12-25;;/h2-7,9-12,14-16,18-19,23,29-30,32H,8,13,17,20-22H2,1H3;2*1H/t29-,30-;;/m0../s1. The summed E-state index contributed by atoms with van der Waals surface area (Å²) in [6.45, 7) is 4.21. The lowest BCUT2D eigenvalue weighted by molar-refractivity contribution is 0.0380. The molecular weight excluding hydrogens is 515 g/mol. The number of hydrogen-bond donors (Lipinski definition) is 0. The molecule has 200 valence electrons. The number of nitrogens with zero attached hydrogens (tertiary/aromatic N) is 2. The highest BCUT2D eigenvalue weighted by Gasteiger charge is 2.41. The molecule has 1 aromatic heterocycles. The van der Waals surface area contributed by atoms with Gasteiger partial charge < -0.3 is 9.15 Å². The Hall–Kier alpha value is -2.76. The summed E-state index contributed by atoms with van der Waals surface area (Å²) in [7, 11) is 1.77. The molecule has 2 atom stereocenters. The Balaban J connectivity index is 0.00000168. The van der Waals surface area contributed by atoms with Gasteiger partial charge in [-0.2, -0.15) is 0 Å². The van der Waals surface area contributed by atoms with Crippen molar-refractivity contribution in [2.75, 3.05) is 26.7 Å². The summed E-state index contributed by atoms with van der Waals surface area (Å²) in [6, 6.07) is 31.7. The van der Waals surface area contributed by atoms with E-state index in [1.807, 2.05) is 12.3 Å². The summed E-state index contributed by atoms with van der Waals surface area (Å²) >= 11 is 0. The Bertz CT molecular complexity index is 1230. The Morgan fingerprint density at radius 1 is 0.868 bits per heavy atom. The van der Waals surface area contributed by atoms with Gasteiger partial charge in [0.15, 0.2) is 0 Å². The molecule has 0 unspecified atom stereocenters. The third-order valence-corrected chi connectivity index (χ3v) is 7.99. The molecule has 0 amide bonds. The van der Waals surface area contributed by atoms with Crippen LogP contribution in [0.3, 0.4) is 0 Å². The van der Waals surface area contributed by atoms with Gasteiger partial charge in [-0.3, -0.25) is 9.80 Å². The molecule has 0 spiro atoms. The van der Waals surface area contributed by atoms with Gasteiger partial charge in [0.25, 0.3) is 0 Å². The minimum Gasteiger partial charge on any atom is -0.496 e. The van der Waals surface area contributed by atoms with Crippen molar-refractivity contribution in [2.45, 2.75) is 37.4 Å². The molecule has 2 aliphatic heterocycles. The van der Waals surface area contributed by atoms with Gasteiger partial charge in [0, 0.05) is 48.8 Å². The highest BCUT2D eigenvalue weighted by molar-refractivity contribution is 5.85. The molecule has 6 rings (SSSR count). The van der Waals surface area contributed by atoms with Gasteiger partial charge in [-0.25, -0.2) is 0 Å². The van der Waals surface area contributed by atoms with Crippen molar-refractivity contribution in [3.8, 4) is 16.9 Å². The van der Waals surface area contributed by atoms with Crippen LogP contribution in [-0.4, -0.2) is 48.6 Å². The van der Waals surface area contributed by atoms with Crippen molar-refractivity contribution in [1.82, 2.24) is 9.80 Å². The molecule has 6 heteroatoms. The van der Waals surface area contributed by atoms with Gasteiger partial charge in [0.05, 0.1) is 19.6 Å². The van der Waals surface area contributed by atoms with Crippen molar-refractivity contribution in [1.29, 1.82) is 0 Å². The maximum atomic E-state index is 5.80. The molecule has 0 saturated carbocycles. The largest absolute Gasteiger partial charge is 0.496 e. The van der Waals surface area contributed by atoms with Crippen LogP contribution >= 0.6 is 24.8 Å². The lowest BCUT2D eigenvalue weighted by atomic mass is 9.82. The van der Waals surface area contributed by atoms with Crippen molar-refractivity contribution >= 4 is 24.8 Å². The van der Waals surface area contributed by atoms with E-state index in [0.29, 0.717) is 18.0 Å². The average molecular weight is 552 g/mol. The van der Waals surface area contributed by atoms with Gasteiger partial charge in [-0.1, -0.05) is 66.7 Å². The van der Waals surface area contributed by atoms with E-state index in [2.05, 4.69) is 88.7 Å². The summed E-state index contributed by atoms with van der Waals surface area (Å²) in [4.78, 5) is 5.47. The molecular formula is C32H36Cl2N2O2. The fourth-order valence-corrected chi connectivity index (χ4v) is 6.37. The van der Waals surface area contributed by atoms with E-state index < -0.39 is 0 Å². The number of furan rings is 1. The zero-order chi connectivity index (χ0) is 24.3. The Kier molecular flexibility index (Phi) is 9.56. The molecule has 3 aromatic carbocycles. The number of fused-ring (bicyclic) bond motifs is 1. The summed E-state index contributed by atoms with van der Waals surface area (Å²) in [5.41, 5.74) is 6.31. The number of ether oxygens (including phenoxy) is 1. The molecule has 4 aromatic rings. The first-order valence-electron chi connectivity index (χ1n) is 13.1. The average Bonchev–Trinajstić information content (AvgIpc) is 3.63. The maximum Gasteiger partial charge on any atom is 0.123 e. The van der Waals surface area contributed by atoms with Crippen LogP contribution in [0.5, 0.6) is 5.75 Å². The second-order valence-corrected chi connectivity index (χ2v) is 10.1. The highest BCUT2D eigenvalue weighted by Crippen LogP contribution is 2.38. The first kappa shape index (κ1) is 28.3. The number of rotatable bonds is 7. The molecule has 2 fully saturated rings. The third-order valence-electron chi connectivity index (χ3n) is 7.99. The van der Waals surface area contributed by atoms with Crippen LogP contribution in [0.1, 0.15) is 35.4 Å². The fourth-order valence-electron chi connectivity index (χ4n) is 6.37. The minimum atomic E-state index is 0. The SMILES string of the molecule is COc1ccc(-c2ccoc2)cc1CN1C[C@@H]2CCCN2[C@H](C(c2ccccc2)c2ccccc2)C1.Cl.Cl. The van der Waals surface area contributed by atoms with E-state index in [1.165, 1.54) is 41.6 Å². The molecule has 0 aliphatic carbocycles. The molecule has 4 nitrogen and oxygen atoms in total. The monoisotopic (exact) mass is 550 g/mol. The molecule has 2 saturated heterocycles. The predicted molar refractivity (Wildman–Crippen MR) is 159 cm³/mol. The van der Waals surface area contributed by atoms with Crippen LogP contribution in [-0.2, 0) is 6.54 Å². The van der Waals surface area contributed by atoms with E-state index in [4.69, 9.17) is 9.15 Å². The van der Waals surface area contributed by atoms with Gasteiger partial charge in [-0.15, -0.1) is 24.8 Å². The summed E-state index contributed by atoms with van der Waals surface area (Å²) < 4.78 is 11.1. The highest BCUT2D eigenvalue weighted by atomic mass is 35.5. The molecule has 0 N–H and O–H groups in total. The minimum absolute atomic E-state index is 0. The number of halogens is 2. The molecule has 0 bridgehead atoms. The normalized spacial score (nSPS) is 19.4. The number of methoxy groups -OCH3 is 1. The van der Waals surface area contributed by atoms with Gasteiger partial charge in [-0.05, 0) is 54.3 Å². The Morgan fingerprint density at radius 3 is 2.21 bits per heavy atom. The fraction of sp³-hybridized carbons (Fsp3) is 0.312. The number of piperazine rings is 1. The first-order chi connectivity index (χ1) is 17.8. The van der Waals surface area contributed by atoms with Gasteiger partial charge >= 0.3 is 0 Å². The summed E-state index contributed by atoms with van der Waals surface area (Å²) in [6.07, 6.45) is 6.10. The molecule has 2 aliphatic rings. The van der Waals surface area contributed by atoms with Crippen molar-refractivity contribution in [2.24, 2.45) is 0 Å². The lowest BCUT2D eigenvalue weighted by Gasteiger charge is -2.47. The predicted octanol–water partition coefficient (Wildman–Crippen LogP) is 7.28. The van der Waals surface area contributed by atoms with Crippen molar-refractivity contribution in [3.05, 3.63) is 114 Å². The van der Waals surface area contributed by atoms with Crippen LogP contribution in [0, 0.1) is 0 Å². The van der Waals surface area contributed by atoms with Crippen molar-refractivity contribution < 1.29 is 9.15 Å². The quantitative estimate of drug-likeness (QED) is 0.241. The van der Waals surface area contributed by atoms with E-state index in [9.17, 15) is 0 Å². The van der Waals surface area contributed by atoms with Crippen LogP contribution in [0.2, 0.25) is 0 Å². The Labute approximate surface area is 238 Å². The second-order valence-electron chi connectivity index (χ2n) is 10.1. The second kappa shape index (κ2) is 12.9. The van der Waals surface area contributed by atoms with Crippen LogP contribution in [0.15, 0.2) is 102 Å².